The highest BCUT2D eigenvalue weighted by molar-refractivity contribution is 7.89. The summed E-state index contributed by atoms with van der Waals surface area (Å²) in [6, 6.07) is 14.2. The smallest absolute Gasteiger partial charge is 0.241 e. The molecule has 2 amide bonds. The lowest BCUT2D eigenvalue weighted by Gasteiger charge is -2.27. The van der Waals surface area contributed by atoms with Crippen molar-refractivity contribution in [3.05, 3.63) is 54.6 Å². The summed E-state index contributed by atoms with van der Waals surface area (Å²) in [4.78, 5) is 26.7. The lowest BCUT2D eigenvalue weighted by atomic mass is 10.2. The number of nitrogens with two attached hydrogens (primary N) is 1. The quantitative estimate of drug-likeness (QED) is 0.575. The van der Waals surface area contributed by atoms with E-state index < -0.39 is 16.1 Å². The van der Waals surface area contributed by atoms with E-state index in [0.717, 1.165) is 6.42 Å². The summed E-state index contributed by atoms with van der Waals surface area (Å²) in [5.74, 6) is -0.504. The van der Waals surface area contributed by atoms with Gasteiger partial charge in [0.2, 0.25) is 21.8 Å². The largest absolute Gasteiger partial charge is 0.325 e. The Morgan fingerprint density at radius 3 is 2.14 bits per heavy atom. The Kier molecular flexibility index (Phi) is 7.89. The van der Waals surface area contributed by atoms with E-state index in [0.29, 0.717) is 17.9 Å². The van der Waals surface area contributed by atoms with E-state index in [4.69, 9.17) is 5.14 Å². The van der Waals surface area contributed by atoms with Gasteiger partial charge >= 0.3 is 0 Å². The Bertz CT molecular complexity index is 931. The predicted octanol–water partition coefficient (Wildman–Crippen LogP) is 2.01. The second-order valence-electron chi connectivity index (χ2n) is 6.62. The van der Waals surface area contributed by atoms with Gasteiger partial charge < -0.3 is 10.6 Å². The second kappa shape index (κ2) is 10.1. The zero-order valence-corrected chi connectivity index (χ0v) is 17.3. The molecule has 1 atom stereocenters. The first-order chi connectivity index (χ1) is 13.7. The monoisotopic (exact) mass is 418 g/mol. The lowest BCUT2D eigenvalue weighted by Crippen LogP contribution is -2.46. The van der Waals surface area contributed by atoms with Crippen LogP contribution in [0, 0.1) is 0 Å². The molecule has 0 saturated carbocycles. The Labute approximate surface area is 171 Å². The highest BCUT2D eigenvalue weighted by Gasteiger charge is 2.23. The van der Waals surface area contributed by atoms with Gasteiger partial charge in [-0.15, -0.1) is 0 Å². The van der Waals surface area contributed by atoms with Crippen LogP contribution in [-0.4, -0.2) is 44.3 Å². The first-order valence-electron chi connectivity index (χ1n) is 9.23. The normalized spacial score (nSPS) is 12.4. The minimum atomic E-state index is -3.79. The third-order valence-electron chi connectivity index (χ3n) is 4.29. The molecular formula is C20H26N4O4S. The van der Waals surface area contributed by atoms with E-state index in [-0.39, 0.29) is 23.3 Å². The van der Waals surface area contributed by atoms with Gasteiger partial charge in [-0.3, -0.25) is 14.5 Å². The van der Waals surface area contributed by atoms with Crippen molar-refractivity contribution < 1.29 is 18.0 Å². The summed E-state index contributed by atoms with van der Waals surface area (Å²) in [5, 5.41) is 10.6. The maximum absolute atomic E-state index is 12.5. The average molecular weight is 419 g/mol. The number of para-hydroxylation sites is 1. The van der Waals surface area contributed by atoms with Crippen molar-refractivity contribution in [1.82, 2.24) is 4.90 Å². The van der Waals surface area contributed by atoms with Crippen molar-refractivity contribution in [1.29, 1.82) is 0 Å². The van der Waals surface area contributed by atoms with Crippen LogP contribution < -0.4 is 15.8 Å². The van der Waals surface area contributed by atoms with Crippen molar-refractivity contribution in [2.75, 3.05) is 23.7 Å². The van der Waals surface area contributed by atoms with Gasteiger partial charge in [-0.1, -0.05) is 25.1 Å². The number of carbonyl (C=O) groups is 2. The zero-order chi connectivity index (χ0) is 21.4. The van der Waals surface area contributed by atoms with Crippen molar-refractivity contribution >= 4 is 33.2 Å². The molecule has 156 valence electrons. The van der Waals surface area contributed by atoms with Crippen LogP contribution in [0.3, 0.4) is 0 Å². The summed E-state index contributed by atoms with van der Waals surface area (Å²) in [5.41, 5.74) is 1.14. The molecule has 9 heteroatoms. The van der Waals surface area contributed by atoms with Gasteiger partial charge in [-0.2, -0.15) is 0 Å². The maximum atomic E-state index is 12.5. The van der Waals surface area contributed by atoms with E-state index in [1.165, 1.54) is 24.3 Å². The molecule has 0 aliphatic rings. The number of hydrogen-bond acceptors (Lipinski definition) is 5. The van der Waals surface area contributed by atoms with E-state index >= 15 is 0 Å². The Hall–Kier alpha value is -2.75. The third-order valence-corrected chi connectivity index (χ3v) is 5.22. The van der Waals surface area contributed by atoms with Crippen LogP contribution in [0.25, 0.3) is 0 Å². The minimum absolute atomic E-state index is 0.0220. The summed E-state index contributed by atoms with van der Waals surface area (Å²) >= 11 is 0. The zero-order valence-electron chi connectivity index (χ0n) is 16.5. The highest BCUT2D eigenvalue weighted by atomic mass is 32.2. The minimum Gasteiger partial charge on any atom is -0.325 e. The third kappa shape index (κ3) is 6.97. The number of amides is 2. The number of nitrogens with one attached hydrogen (secondary N) is 2. The molecule has 4 N–H and O–H groups in total. The fourth-order valence-electron chi connectivity index (χ4n) is 2.74. The molecule has 2 aromatic rings. The van der Waals surface area contributed by atoms with Crippen LogP contribution in [0.2, 0.25) is 0 Å². The van der Waals surface area contributed by atoms with Crippen LogP contribution in [-0.2, 0) is 19.6 Å². The topological polar surface area (TPSA) is 122 Å². The van der Waals surface area contributed by atoms with Crippen molar-refractivity contribution in [3.8, 4) is 0 Å². The fraction of sp³-hybridized carbons (Fsp3) is 0.300. The molecule has 1 unspecified atom stereocenters. The van der Waals surface area contributed by atoms with E-state index in [1.54, 1.807) is 24.0 Å². The molecule has 29 heavy (non-hydrogen) atoms. The standard InChI is InChI=1S/C20H26N4O4S/c1-3-13-24(15(2)20(26)23-16-7-5-4-6-8-16)14-19(25)22-17-9-11-18(12-10-17)29(21,27)28/h4-12,15H,3,13-14H2,1-2H3,(H,22,25)(H,23,26)(H2,21,27,28). The number of benzene rings is 2. The molecule has 2 rings (SSSR count). The van der Waals surface area contributed by atoms with E-state index in [9.17, 15) is 18.0 Å². The SMILES string of the molecule is CCCN(CC(=O)Nc1ccc(S(N)(=O)=O)cc1)C(C)C(=O)Nc1ccccc1. The summed E-state index contributed by atoms with van der Waals surface area (Å²) < 4.78 is 22.6. The molecule has 0 aliphatic heterocycles. The van der Waals surface area contributed by atoms with E-state index in [1.807, 2.05) is 25.1 Å². The Balaban J connectivity index is 1.99. The molecular weight excluding hydrogens is 392 g/mol. The Morgan fingerprint density at radius 1 is 1.00 bits per heavy atom. The van der Waals surface area contributed by atoms with Gasteiger partial charge in [-0.05, 0) is 56.3 Å². The number of hydrogen-bond donors (Lipinski definition) is 3. The van der Waals surface area contributed by atoms with Gasteiger partial charge in [0.1, 0.15) is 0 Å². The van der Waals surface area contributed by atoms with Gasteiger partial charge in [0, 0.05) is 11.4 Å². The summed E-state index contributed by atoms with van der Waals surface area (Å²) in [7, 11) is -3.79. The molecule has 0 aromatic heterocycles. The molecule has 0 spiro atoms. The van der Waals surface area contributed by atoms with Crippen LogP contribution in [0.4, 0.5) is 11.4 Å². The number of carbonyl (C=O) groups excluding carboxylic acids is 2. The van der Waals surface area contributed by atoms with Gasteiger partial charge in [0.25, 0.3) is 0 Å². The molecule has 0 aliphatic carbocycles. The molecule has 0 fully saturated rings. The number of primary sulfonamides is 1. The summed E-state index contributed by atoms with van der Waals surface area (Å²) in [6.45, 7) is 4.32. The molecule has 0 bridgehead atoms. The Morgan fingerprint density at radius 2 is 1.59 bits per heavy atom. The lowest BCUT2D eigenvalue weighted by molar-refractivity contribution is -0.123. The molecule has 8 nitrogen and oxygen atoms in total. The van der Waals surface area contributed by atoms with Crippen LogP contribution in [0.15, 0.2) is 59.5 Å². The van der Waals surface area contributed by atoms with Crippen LogP contribution in [0.5, 0.6) is 0 Å². The van der Waals surface area contributed by atoms with Crippen molar-refractivity contribution in [2.45, 2.75) is 31.2 Å². The van der Waals surface area contributed by atoms with Gasteiger partial charge in [-0.25, -0.2) is 13.6 Å². The van der Waals surface area contributed by atoms with Crippen molar-refractivity contribution in [2.24, 2.45) is 5.14 Å². The van der Waals surface area contributed by atoms with Crippen LogP contribution in [0.1, 0.15) is 20.3 Å². The van der Waals surface area contributed by atoms with E-state index in [2.05, 4.69) is 10.6 Å². The van der Waals surface area contributed by atoms with Crippen molar-refractivity contribution in [3.63, 3.8) is 0 Å². The van der Waals surface area contributed by atoms with Gasteiger partial charge in [0.15, 0.2) is 0 Å². The highest BCUT2D eigenvalue weighted by Crippen LogP contribution is 2.13. The number of rotatable bonds is 9. The van der Waals surface area contributed by atoms with Gasteiger partial charge in [0.05, 0.1) is 17.5 Å². The number of anilines is 2. The molecule has 0 heterocycles. The maximum Gasteiger partial charge on any atom is 0.241 e. The fourth-order valence-corrected chi connectivity index (χ4v) is 3.26. The average Bonchev–Trinajstić information content (AvgIpc) is 2.67. The summed E-state index contributed by atoms with van der Waals surface area (Å²) in [6.07, 6.45) is 0.777. The molecule has 0 saturated heterocycles. The molecule has 0 radical (unpaired) electrons. The number of sulfonamides is 1. The van der Waals surface area contributed by atoms with Crippen LogP contribution >= 0.6 is 0 Å². The molecule has 2 aromatic carbocycles. The first kappa shape index (κ1) is 22.5. The predicted molar refractivity (Wildman–Crippen MR) is 113 cm³/mol. The second-order valence-corrected chi connectivity index (χ2v) is 8.18. The number of nitrogens with zero attached hydrogens (tertiary/aromatic N) is 1. The first-order valence-corrected chi connectivity index (χ1v) is 10.8.